The van der Waals surface area contributed by atoms with Gasteiger partial charge < -0.3 is 19.7 Å². The van der Waals surface area contributed by atoms with Gasteiger partial charge in [-0.25, -0.2) is 0 Å². The van der Waals surface area contributed by atoms with Gasteiger partial charge in [0.05, 0.1) is 13.2 Å². The van der Waals surface area contributed by atoms with Gasteiger partial charge in [0.25, 0.3) is 0 Å². The summed E-state index contributed by atoms with van der Waals surface area (Å²) in [6.07, 6.45) is 2.68. The van der Waals surface area contributed by atoms with E-state index in [2.05, 4.69) is 0 Å². The fourth-order valence-electron chi connectivity index (χ4n) is 1.45. The summed E-state index contributed by atoms with van der Waals surface area (Å²) < 4.78 is 10.4. The molecule has 1 fully saturated rings. The van der Waals surface area contributed by atoms with Crippen molar-refractivity contribution in [3.63, 3.8) is 0 Å². The van der Waals surface area contributed by atoms with Gasteiger partial charge in [0, 0.05) is 5.57 Å². The van der Waals surface area contributed by atoms with Crippen molar-refractivity contribution in [2.45, 2.75) is 18.5 Å². The molecule has 1 heterocycles. The Balaban J connectivity index is 2.12. The van der Waals surface area contributed by atoms with Crippen LogP contribution in [0, 0.1) is 0 Å². The maximum Gasteiger partial charge on any atom is 0.182 e. The van der Waals surface area contributed by atoms with Crippen LogP contribution in [0.5, 0.6) is 0 Å². The summed E-state index contributed by atoms with van der Waals surface area (Å²) in [6, 6.07) is 0. The molecule has 13 heavy (non-hydrogen) atoms. The first kappa shape index (κ1) is 8.90. The van der Waals surface area contributed by atoms with Gasteiger partial charge >= 0.3 is 0 Å². The summed E-state index contributed by atoms with van der Waals surface area (Å²) in [5, 5.41) is 18.9. The second-order valence-corrected chi connectivity index (χ2v) is 3.06. The van der Waals surface area contributed by atoms with Crippen LogP contribution in [0.15, 0.2) is 23.8 Å². The van der Waals surface area contributed by atoms with Gasteiger partial charge in [0.15, 0.2) is 6.29 Å². The van der Waals surface area contributed by atoms with Crippen molar-refractivity contribution in [2.75, 3.05) is 13.2 Å². The first-order valence-corrected chi connectivity index (χ1v) is 4.26. The summed E-state index contributed by atoms with van der Waals surface area (Å²) in [7, 11) is 0. The Morgan fingerprint density at radius 1 is 1.23 bits per heavy atom. The summed E-state index contributed by atoms with van der Waals surface area (Å²) in [5.74, 6) is 0. The van der Waals surface area contributed by atoms with Crippen LogP contribution in [0.3, 0.4) is 0 Å². The van der Waals surface area contributed by atoms with Crippen LogP contribution in [0.1, 0.15) is 0 Å². The van der Waals surface area contributed by atoms with Crippen LogP contribution < -0.4 is 0 Å². The third-order valence-corrected chi connectivity index (χ3v) is 2.16. The number of ether oxygens (including phenoxy) is 2. The topological polar surface area (TPSA) is 58.9 Å². The van der Waals surface area contributed by atoms with E-state index < -0.39 is 18.5 Å². The second kappa shape index (κ2) is 3.59. The van der Waals surface area contributed by atoms with E-state index >= 15 is 0 Å². The maximum atomic E-state index is 9.57. The highest BCUT2D eigenvalue weighted by molar-refractivity contribution is 5.27. The van der Waals surface area contributed by atoms with Crippen LogP contribution in [-0.2, 0) is 9.47 Å². The molecule has 4 heteroatoms. The third kappa shape index (κ3) is 1.66. The minimum atomic E-state index is -0.909. The van der Waals surface area contributed by atoms with Gasteiger partial charge in [-0.2, -0.15) is 0 Å². The van der Waals surface area contributed by atoms with Gasteiger partial charge in [0.1, 0.15) is 12.2 Å². The molecule has 2 atom stereocenters. The summed E-state index contributed by atoms with van der Waals surface area (Å²) in [6.45, 7) is 1.07. The van der Waals surface area contributed by atoms with Gasteiger partial charge in [-0.3, -0.25) is 0 Å². The lowest BCUT2D eigenvalue weighted by Gasteiger charge is -2.24. The van der Waals surface area contributed by atoms with Crippen LogP contribution in [-0.4, -0.2) is 41.9 Å². The lowest BCUT2D eigenvalue weighted by Crippen LogP contribution is -2.33. The van der Waals surface area contributed by atoms with Gasteiger partial charge in [-0.1, -0.05) is 18.2 Å². The third-order valence-electron chi connectivity index (χ3n) is 2.16. The molecule has 2 rings (SSSR count). The van der Waals surface area contributed by atoms with E-state index in [-0.39, 0.29) is 0 Å². The Kier molecular flexibility index (Phi) is 2.46. The van der Waals surface area contributed by atoms with E-state index in [9.17, 15) is 10.2 Å². The molecule has 0 bridgehead atoms. The predicted molar refractivity (Wildman–Crippen MR) is 44.9 cm³/mol. The molecular weight excluding hydrogens is 172 g/mol. The van der Waals surface area contributed by atoms with E-state index in [1.54, 1.807) is 12.2 Å². The Labute approximate surface area is 76.1 Å². The molecular formula is C9H12O4. The fraction of sp³-hybridized carbons (Fsp3) is 0.556. The minimum Gasteiger partial charge on any atom is -0.386 e. The van der Waals surface area contributed by atoms with Crippen LogP contribution in [0.2, 0.25) is 0 Å². The SMILES string of the molecule is O[C@@H]1C=CC=C(C2OCCO2)[C@@H]1O. The lowest BCUT2D eigenvalue weighted by molar-refractivity contribution is -0.0398. The molecule has 0 aromatic carbocycles. The molecule has 0 spiro atoms. The van der Waals surface area contributed by atoms with Crippen molar-refractivity contribution < 1.29 is 19.7 Å². The van der Waals surface area contributed by atoms with Crippen LogP contribution in [0.25, 0.3) is 0 Å². The molecule has 2 aliphatic rings. The monoisotopic (exact) mass is 184 g/mol. The molecule has 0 aromatic heterocycles. The van der Waals surface area contributed by atoms with Crippen molar-refractivity contribution in [1.29, 1.82) is 0 Å². The molecule has 0 aromatic rings. The number of rotatable bonds is 1. The van der Waals surface area contributed by atoms with E-state index in [1.807, 2.05) is 0 Å². The molecule has 0 radical (unpaired) electrons. The molecule has 1 aliphatic carbocycles. The lowest BCUT2D eigenvalue weighted by atomic mass is 9.99. The Hall–Kier alpha value is -0.680. The highest BCUT2D eigenvalue weighted by Gasteiger charge is 2.30. The molecule has 0 amide bonds. The second-order valence-electron chi connectivity index (χ2n) is 3.06. The molecule has 0 saturated carbocycles. The number of hydrogen-bond acceptors (Lipinski definition) is 4. The van der Waals surface area contributed by atoms with Crippen molar-refractivity contribution in [3.8, 4) is 0 Å². The standard InChI is InChI=1S/C9H12O4/c10-7-3-1-2-6(8(7)11)9-12-4-5-13-9/h1-3,7-11H,4-5H2/t7-,8+/m1/s1. The van der Waals surface area contributed by atoms with E-state index in [1.165, 1.54) is 6.08 Å². The first-order valence-electron chi connectivity index (χ1n) is 4.26. The number of hydrogen-bond donors (Lipinski definition) is 2. The highest BCUT2D eigenvalue weighted by Crippen LogP contribution is 2.22. The average Bonchev–Trinajstić information content (AvgIpc) is 2.62. The van der Waals surface area contributed by atoms with Crippen molar-refractivity contribution in [1.82, 2.24) is 0 Å². The van der Waals surface area contributed by atoms with E-state index in [0.29, 0.717) is 18.8 Å². The summed E-state index contributed by atoms with van der Waals surface area (Å²) in [4.78, 5) is 0. The van der Waals surface area contributed by atoms with E-state index in [4.69, 9.17) is 9.47 Å². The van der Waals surface area contributed by atoms with Crippen LogP contribution >= 0.6 is 0 Å². The normalized spacial score (nSPS) is 35.1. The zero-order valence-corrected chi connectivity index (χ0v) is 7.09. The van der Waals surface area contributed by atoms with Gasteiger partial charge in [-0.05, 0) is 0 Å². The summed E-state index contributed by atoms with van der Waals surface area (Å²) >= 11 is 0. The van der Waals surface area contributed by atoms with Gasteiger partial charge in [-0.15, -0.1) is 0 Å². The quantitative estimate of drug-likeness (QED) is 0.581. The molecule has 2 N–H and O–H groups in total. The number of aliphatic hydroxyl groups excluding tert-OH is 2. The molecule has 4 nitrogen and oxygen atoms in total. The zero-order chi connectivity index (χ0) is 9.26. The first-order chi connectivity index (χ1) is 6.29. The maximum absolute atomic E-state index is 9.57. The van der Waals surface area contributed by atoms with E-state index in [0.717, 1.165) is 0 Å². The highest BCUT2D eigenvalue weighted by atomic mass is 16.7. The molecule has 72 valence electrons. The zero-order valence-electron chi connectivity index (χ0n) is 7.09. The number of allylic oxidation sites excluding steroid dienone is 2. The van der Waals surface area contributed by atoms with Crippen molar-refractivity contribution in [2.24, 2.45) is 0 Å². The Bertz CT molecular complexity index is 240. The summed E-state index contributed by atoms with van der Waals surface area (Å²) in [5.41, 5.74) is 0.590. The fourth-order valence-corrected chi connectivity index (χ4v) is 1.45. The van der Waals surface area contributed by atoms with Crippen molar-refractivity contribution >= 4 is 0 Å². The van der Waals surface area contributed by atoms with Crippen molar-refractivity contribution in [3.05, 3.63) is 23.8 Å². The molecule has 1 aliphatic heterocycles. The number of aliphatic hydroxyl groups is 2. The van der Waals surface area contributed by atoms with Gasteiger partial charge in [0.2, 0.25) is 0 Å². The van der Waals surface area contributed by atoms with Crippen LogP contribution in [0.4, 0.5) is 0 Å². The predicted octanol–water partition coefficient (Wildman–Crippen LogP) is -0.423. The molecule has 1 saturated heterocycles. The Morgan fingerprint density at radius 2 is 1.92 bits per heavy atom. The Morgan fingerprint density at radius 3 is 2.62 bits per heavy atom. The largest absolute Gasteiger partial charge is 0.386 e. The minimum absolute atomic E-state index is 0.491. The average molecular weight is 184 g/mol. The molecule has 0 unspecified atom stereocenters. The smallest absolute Gasteiger partial charge is 0.182 e.